The normalized spacial score (nSPS) is 36.5. The molecule has 4 saturated heterocycles. The van der Waals surface area contributed by atoms with Gasteiger partial charge in [-0.25, -0.2) is 8.78 Å². The fourth-order valence-electron chi connectivity index (χ4n) is 6.16. The molecule has 3 atom stereocenters. The molecule has 0 unspecified atom stereocenters. The van der Waals surface area contributed by atoms with E-state index in [2.05, 4.69) is 9.80 Å². The molecule has 1 aromatic carbocycles. The van der Waals surface area contributed by atoms with E-state index in [-0.39, 0.29) is 29.8 Å². The molecule has 0 radical (unpaired) electrons. The molecule has 5 heteroatoms. The maximum Gasteiger partial charge on any atom is 0.226 e. The summed E-state index contributed by atoms with van der Waals surface area (Å²) < 4.78 is 28.5. The van der Waals surface area contributed by atoms with Gasteiger partial charge in [0.2, 0.25) is 5.91 Å². The van der Waals surface area contributed by atoms with Crippen LogP contribution in [0.15, 0.2) is 18.2 Å². The lowest BCUT2D eigenvalue weighted by Crippen LogP contribution is -2.61. The number of amides is 1. The van der Waals surface area contributed by atoms with E-state index in [4.69, 9.17) is 0 Å². The van der Waals surface area contributed by atoms with E-state index in [9.17, 15) is 13.6 Å². The van der Waals surface area contributed by atoms with Crippen LogP contribution in [0.2, 0.25) is 0 Å². The molecule has 1 amide bonds. The maximum absolute atomic E-state index is 14.6. The largest absolute Gasteiger partial charge is 0.337 e. The van der Waals surface area contributed by atoms with Gasteiger partial charge in [0, 0.05) is 24.4 Å². The summed E-state index contributed by atoms with van der Waals surface area (Å²) in [7, 11) is 0. The van der Waals surface area contributed by atoms with Crippen LogP contribution in [0.4, 0.5) is 8.78 Å². The Morgan fingerprint density at radius 1 is 1.00 bits per heavy atom. The Kier molecular flexibility index (Phi) is 4.03. The summed E-state index contributed by atoms with van der Waals surface area (Å²) >= 11 is 0. The SMILES string of the molecule is O=C(C1CCCC1)N1C[C@H](c2cccc(F)c2F)[C@H]2[C@@H]1C1CCN2CC1. The summed E-state index contributed by atoms with van der Waals surface area (Å²) in [6, 6.07) is 4.82. The van der Waals surface area contributed by atoms with E-state index in [1.165, 1.54) is 6.07 Å². The molecule has 6 rings (SSSR count). The summed E-state index contributed by atoms with van der Waals surface area (Å²) in [4.78, 5) is 17.8. The van der Waals surface area contributed by atoms with Crippen molar-refractivity contribution < 1.29 is 13.6 Å². The third kappa shape index (κ3) is 2.43. The molecule has 0 N–H and O–H groups in total. The minimum atomic E-state index is -0.782. The van der Waals surface area contributed by atoms with E-state index in [0.29, 0.717) is 18.0 Å². The van der Waals surface area contributed by atoms with Crippen LogP contribution in [0, 0.1) is 23.5 Å². The number of halogens is 2. The molecule has 140 valence electrons. The Hall–Kier alpha value is -1.49. The first-order valence-corrected chi connectivity index (χ1v) is 10.1. The van der Waals surface area contributed by atoms with E-state index < -0.39 is 11.6 Å². The maximum atomic E-state index is 14.6. The smallest absolute Gasteiger partial charge is 0.226 e. The lowest BCUT2D eigenvalue weighted by atomic mass is 9.75. The minimum absolute atomic E-state index is 0.121. The van der Waals surface area contributed by atoms with Crippen molar-refractivity contribution in [2.45, 2.75) is 56.5 Å². The lowest BCUT2D eigenvalue weighted by Gasteiger charge is -2.51. The van der Waals surface area contributed by atoms with Crippen molar-refractivity contribution in [2.75, 3.05) is 19.6 Å². The van der Waals surface area contributed by atoms with E-state index in [1.807, 2.05) is 0 Å². The Labute approximate surface area is 153 Å². The van der Waals surface area contributed by atoms with Gasteiger partial charge in [0.05, 0.1) is 6.04 Å². The molecule has 3 nitrogen and oxygen atoms in total. The van der Waals surface area contributed by atoms with Crippen molar-refractivity contribution in [3.05, 3.63) is 35.4 Å². The van der Waals surface area contributed by atoms with Crippen molar-refractivity contribution in [2.24, 2.45) is 11.8 Å². The number of carbonyl (C=O) groups excluding carboxylic acids is 1. The van der Waals surface area contributed by atoms with Crippen LogP contribution in [0.1, 0.15) is 50.0 Å². The van der Waals surface area contributed by atoms with E-state index >= 15 is 0 Å². The standard InChI is InChI=1S/C21H26F2N2O/c22-17-7-3-6-15(18(17)23)16-12-25(21(26)14-4-1-2-5-14)19-13-8-10-24(11-9-13)20(16)19/h3,6-7,13-14,16,19-20H,1-2,4-5,8-12H2/t16-,19+,20+/m1/s1. The molecule has 1 aliphatic carbocycles. The van der Waals surface area contributed by atoms with Crippen LogP contribution in [0.5, 0.6) is 0 Å². The summed E-state index contributed by atoms with van der Waals surface area (Å²) in [5, 5.41) is 0. The van der Waals surface area contributed by atoms with E-state index in [0.717, 1.165) is 51.6 Å². The molecule has 4 heterocycles. The Balaban J connectivity index is 1.52. The van der Waals surface area contributed by atoms with Crippen LogP contribution < -0.4 is 0 Å². The predicted octanol–water partition coefficient (Wildman–Crippen LogP) is 3.54. The third-order valence-electron chi connectivity index (χ3n) is 7.36. The van der Waals surface area contributed by atoms with Crippen LogP contribution >= 0.6 is 0 Å². The van der Waals surface area contributed by atoms with Crippen LogP contribution in [-0.2, 0) is 4.79 Å². The first-order valence-electron chi connectivity index (χ1n) is 10.1. The van der Waals surface area contributed by atoms with Crippen LogP contribution in [0.3, 0.4) is 0 Å². The van der Waals surface area contributed by atoms with Gasteiger partial charge in [0.15, 0.2) is 11.6 Å². The van der Waals surface area contributed by atoms with Gasteiger partial charge in [-0.05, 0) is 56.3 Å². The molecule has 0 spiro atoms. The zero-order valence-corrected chi connectivity index (χ0v) is 15.0. The number of hydrogen-bond donors (Lipinski definition) is 0. The highest BCUT2D eigenvalue weighted by atomic mass is 19.2. The van der Waals surface area contributed by atoms with Gasteiger partial charge < -0.3 is 4.90 Å². The van der Waals surface area contributed by atoms with Crippen molar-refractivity contribution in [3.63, 3.8) is 0 Å². The Morgan fingerprint density at radius 3 is 2.46 bits per heavy atom. The number of fused-ring (bicyclic) bond motifs is 2. The summed E-state index contributed by atoms with van der Waals surface area (Å²) in [5.41, 5.74) is 0.453. The second kappa shape index (κ2) is 6.29. The number of carbonyl (C=O) groups is 1. The predicted molar refractivity (Wildman–Crippen MR) is 94.6 cm³/mol. The number of likely N-dealkylation sites (tertiary alicyclic amines) is 1. The van der Waals surface area contributed by atoms with Gasteiger partial charge in [0.25, 0.3) is 0 Å². The first kappa shape index (κ1) is 16.7. The van der Waals surface area contributed by atoms with Gasteiger partial charge in [-0.15, -0.1) is 0 Å². The summed E-state index contributed by atoms with van der Waals surface area (Å²) in [6.45, 7) is 2.58. The van der Waals surface area contributed by atoms with Crippen molar-refractivity contribution >= 4 is 5.91 Å². The number of piperidine rings is 3. The second-order valence-electron chi connectivity index (χ2n) is 8.58. The fourth-order valence-corrected chi connectivity index (χ4v) is 6.16. The highest BCUT2D eigenvalue weighted by Gasteiger charge is 2.55. The minimum Gasteiger partial charge on any atom is -0.337 e. The fraction of sp³-hybridized carbons (Fsp3) is 0.667. The molecule has 26 heavy (non-hydrogen) atoms. The molecule has 0 aromatic heterocycles. The Morgan fingerprint density at radius 2 is 1.73 bits per heavy atom. The topological polar surface area (TPSA) is 23.6 Å². The number of hydrogen-bond acceptors (Lipinski definition) is 2. The second-order valence-corrected chi connectivity index (χ2v) is 8.58. The highest BCUT2D eigenvalue weighted by Crippen LogP contribution is 2.48. The number of nitrogens with zero attached hydrogens (tertiary/aromatic N) is 2. The number of rotatable bonds is 2. The quantitative estimate of drug-likeness (QED) is 0.805. The van der Waals surface area contributed by atoms with E-state index in [1.54, 1.807) is 12.1 Å². The molecule has 5 fully saturated rings. The zero-order valence-electron chi connectivity index (χ0n) is 15.0. The average molecular weight is 360 g/mol. The monoisotopic (exact) mass is 360 g/mol. The number of benzene rings is 1. The molecule has 2 bridgehead atoms. The molecule has 5 aliphatic rings. The Bertz CT molecular complexity index is 710. The van der Waals surface area contributed by atoms with Crippen molar-refractivity contribution in [3.8, 4) is 0 Å². The highest BCUT2D eigenvalue weighted by molar-refractivity contribution is 5.80. The first-order chi connectivity index (χ1) is 12.6. The van der Waals surface area contributed by atoms with Crippen LogP contribution in [-0.4, -0.2) is 47.4 Å². The van der Waals surface area contributed by atoms with Gasteiger partial charge in [-0.3, -0.25) is 9.69 Å². The zero-order chi connectivity index (χ0) is 17.8. The summed E-state index contributed by atoms with van der Waals surface area (Å²) in [6.07, 6.45) is 6.48. The lowest BCUT2D eigenvalue weighted by molar-refractivity contribution is -0.140. The van der Waals surface area contributed by atoms with Crippen molar-refractivity contribution in [1.82, 2.24) is 9.80 Å². The molecule has 1 saturated carbocycles. The van der Waals surface area contributed by atoms with Crippen molar-refractivity contribution in [1.29, 1.82) is 0 Å². The van der Waals surface area contributed by atoms with Gasteiger partial charge in [-0.2, -0.15) is 0 Å². The van der Waals surface area contributed by atoms with Gasteiger partial charge in [-0.1, -0.05) is 25.0 Å². The molecular weight excluding hydrogens is 334 g/mol. The third-order valence-corrected chi connectivity index (χ3v) is 7.36. The molecule has 4 aliphatic heterocycles. The van der Waals surface area contributed by atoms with Gasteiger partial charge >= 0.3 is 0 Å². The molecular formula is C21H26F2N2O. The van der Waals surface area contributed by atoms with Gasteiger partial charge in [0.1, 0.15) is 0 Å². The van der Waals surface area contributed by atoms with Crippen LogP contribution in [0.25, 0.3) is 0 Å². The average Bonchev–Trinajstić information content (AvgIpc) is 3.33. The molecule has 1 aromatic rings. The summed E-state index contributed by atoms with van der Waals surface area (Å²) in [5.74, 6) is -0.710.